The lowest BCUT2D eigenvalue weighted by molar-refractivity contribution is 1.15. The first kappa shape index (κ1) is 15.7. The van der Waals surface area contributed by atoms with Gasteiger partial charge in [-0.05, 0) is 45.0 Å². The molecule has 118 valence electrons. The second-order valence-corrected chi connectivity index (χ2v) is 6.39. The summed E-state index contributed by atoms with van der Waals surface area (Å²) in [6, 6.07) is 29.9. The summed E-state index contributed by atoms with van der Waals surface area (Å²) in [6.45, 7) is 2.20. The van der Waals surface area contributed by atoms with Crippen LogP contribution in [0.5, 0.6) is 0 Å². The Morgan fingerprint density at radius 1 is 0.640 bits per heavy atom. The summed E-state index contributed by atoms with van der Waals surface area (Å²) >= 11 is 0. The third-order valence-corrected chi connectivity index (χ3v) is 4.73. The topological polar surface area (TPSA) is 0 Å². The molecular weight excluding hydrogens is 299 g/mol. The number of aryl methyl sites for hydroxylation is 1. The van der Waals surface area contributed by atoms with Crippen molar-refractivity contribution in [2.24, 2.45) is 0 Å². The van der Waals surface area contributed by atoms with Crippen LogP contribution in [0.3, 0.4) is 0 Å². The summed E-state index contributed by atoms with van der Waals surface area (Å²) in [7, 11) is 6.28. The van der Waals surface area contributed by atoms with Crippen LogP contribution in [0.25, 0.3) is 33.0 Å². The van der Waals surface area contributed by atoms with Crippen LogP contribution in [-0.2, 0) is 6.42 Å². The van der Waals surface area contributed by atoms with Crippen molar-refractivity contribution in [2.45, 2.75) is 13.3 Å². The maximum atomic E-state index is 6.28. The van der Waals surface area contributed by atoms with Crippen LogP contribution < -0.4 is 5.46 Å². The number of hydrogen-bond acceptors (Lipinski definition) is 0. The quantitative estimate of drug-likeness (QED) is 0.436. The molecule has 0 aliphatic carbocycles. The van der Waals surface area contributed by atoms with Gasteiger partial charge >= 0.3 is 0 Å². The molecule has 0 N–H and O–H groups in total. The van der Waals surface area contributed by atoms with Crippen LogP contribution in [0, 0.1) is 0 Å². The molecule has 0 amide bonds. The van der Waals surface area contributed by atoms with E-state index >= 15 is 0 Å². The third-order valence-electron chi connectivity index (χ3n) is 4.73. The predicted octanol–water partition coefficient (Wildman–Crippen LogP) is 5.53. The highest BCUT2D eigenvalue weighted by molar-refractivity contribution is 6.34. The van der Waals surface area contributed by atoms with Crippen molar-refractivity contribution in [3.05, 3.63) is 90.5 Å². The molecule has 0 aliphatic rings. The maximum absolute atomic E-state index is 6.28. The lowest BCUT2D eigenvalue weighted by atomic mass is 9.84. The first-order valence-corrected chi connectivity index (χ1v) is 8.73. The van der Waals surface area contributed by atoms with Crippen molar-refractivity contribution in [3.8, 4) is 22.3 Å². The molecule has 4 aromatic rings. The predicted molar refractivity (Wildman–Crippen MR) is 110 cm³/mol. The van der Waals surface area contributed by atoms with E-state index in [1.54, 1.807) is 0 Å². The minimum atomic E-state index is 0.799. The first-order chi connectivity index (χ1) is 12.3. The molecule has 0 aromatic heterocycles. The van der Waals surface area contributed by atoms with Gasteiger partial charge in [-0.15, -0.1) is 0 Å². The lowest BCUT2D eigenvalue weighted by Gasteiger charge is -2.15. The summed E-state index contributed by atoms with van der Waals surface area (Å²) in [5.74, 6) is 0. The molecule has 0 atom stereocenters. The van der Waals surface area contributed by atoms with Crippen LogP contribution in [0.4, 0.5) is 0 Å². The average molecular weight is 318 g/mol. The molecule has 0 aliphatic heterocycles. The fraction of sp³-hybridized carbons (Fsp3) is 0.0833. The van der Waals surface area contributed by atoms with Crippen molar-refractivity contribution >= 4 is 24.1 Å². The molecule has 2 radical (unpaired) electrons. The fourth-order valence-corrected chi connectivity index (χ4v) is 3.46. The number of fused-ring (bicyclic) bond motifs is 1. The Balaban J connectivity index is 2.09. The molecule has 0 heterocycles. The molecule has 0 unspecified atom stereocenters. The second kappa shape index (κ2) is 6.60. The van der Waals surface area contributed by atoms with E-state index in [4.69, 9.17) is 7.85 Å². The SMILES string of the molecule is [B]c1cc(-c2ccccc2)c2cc(CC)cc(-c3ccccc3)c2c1. The van der Waals surface area contributed by atoms with Gasteiger partial charge in [0.25, 0.3) is 0 Å². The van der Waals surface area contributed by atoms with E-state index in [0.717, 1.165) is 11.9 Å². The van der Waals surface area contributed by atoms with Crippen molar-refractivity contribution < 1.29 is 0 Å². The number of benzene rings is 4. The average Bonchev–Trinajstić information content (AvgIpc) is 2.68. The zero-order valence-corrected chi connectivity index (χ0v) is 14.4. The summed E-state index contributed by atoms with van der Waals surface area (Å²) in [5.41, 5.74) is 7.02. The van der Waals surface area contributed by atoms with Crippen LogP contribution >= 0.6 is 0 Å². The zero-order valence-electron chi connectivity index (χ0n) is 14.4. The van der Waals surface area contributed by atoms with Crippen molar-refractivity contribution in [1.29, 1.82) is 0 Å². The number of rotatable bonds is 3. The van der Waals surface area contributed by atoms with Crippen LogP contribution in [-0.4, -0.2) is 7.85 Å². The van der Waals surface area contributed by atoms with Gasteiger partial charge in [0, 0.05) is 0 Å². The van der Waals surface area contributed by atoms with Gasteiger partial charge in [-0.3, -0.25) is 0 Å². The van der Waals surface area contributed by atoms with Gasteiger partial charge in [-0.1, -0.05) is 97.3 Å². The van der Waals surface area contributed by atoms with Crippen LogP contribution in [0.1, 0.15) is 12.5 Å². The summed E-state index contributed by atoms with van der Waals surface area (Å²) in [6.07, 6.45) is 1.01. The van der Waals surface area contributed by atoms with E-state index in [0.29, 0.717) is 0 Å². The molecule has 0 saturated carbocycles. The number of hydrogen-bond donors (Lipinski definition) is 0. The Morgan fingerprint density at radius 3 is 1.72 bits per heavy atom. The summed E-state index contributed by atoms with van der Waals surface area (Å²) in [4.78, 5) is 0. The Hall–Kier alpha value is -2.80. The Bertz CT molecular complexity index is 1020. The maximum Gasteiger partial charge on any atom is 0.113 e. The molecule has 0 spiro atoms. The van der Waals surface area contributed by atoms with E-state index in [1.165, 1.54) is 38.6 Å². The minimum absolute atomic E-state index is 0.799. The molecule has 0 bridgehead atoms. The second-order valence-electron chi connectivity index (χ2n) is 6.39. The fourth-order valence-electron chi connectivity index (χ4n) is 3.46. The largest absolute Gasteiger partial charge is 0.113 e. The van der Waals surface area contributed by atoms with Gasteiger partial charge in [0.1, 0.15) is 7.85 Å². The van der Waals surface area contributed by atoms with Crippen LogP contribution in [0.15, 0.2) is 84.9 Å². The third kappa shape index (κ3) is 2.98. The first-order valence-electron chi connectivity index (χ1n) is 8.73. The molecule has 1 heteroatoms. The molecule has 0 fully saturated rings. The van der Waals surface area contributed by atoms with Crippen molar-refractivity contribution in [2.75, 3.05) is 0 Å². The molecular formula is C24H19B. The molecule has 25 heavy (non-hydrogen) atoms. The van der Waals surface area contributed by atoms with E-state index in [1.807, 2.05) is 6.07 Å². The van der Waals surface area contributed by atoms with E-state index in [2.05, 4.69) is 85.8 Å². The molecule has 4 aromatic carbocycles. The van der Waals surface area contributed by atoms with E-state index in [9.17, 15) is 0 Å². The van der Waals surface area contributed by atoms with Gasteiger partial charge in [-0.25, -0.2) is 0 Å². The molecule has 4 rings (SSSR count). The van der Waals surface area contributed by atoms with Gasteiger partial charge in [0.05, 0.1) is 0 Å². The highest BCUT2D eigenvalue weighted by Gasteiger charge is 2.11. The van der Waals surface area contributed by atoms with Crippen molar-refractivity contribution in [1.82, 2.24) is 0 Å². The zero-order chi connectivity index (χ0) is 17.2. The van der Waals surface area contributed by atoms with Crippen LogP contribution in [0.2, 0.25) is 0 Å². The van der Waals surface area contributed by atoms with Gasteiger partial charge in [0.15, 0.2) is 0 Å². The van der Waals surface area contributed by atoms with E-state index in [-0.39, 0.29) is 0 Å². The molecule has 0 saturated heterocycles. The Kier molecular flexibility index (Phi) is 4.15. The van der Waals surface area contributed by atoms with Gasteiger partial charge < -0.3 is 0 Å². The summed E-state index contributed by atoms with van der Waals surface area (Å²) < 4.78 is 0. The van der Waals surface area contributed by atoms with Crippen molar-refractivity contribution in [3.63, 3.8) is 0 Å². The molecule has 0 nitrogen and oxygen atoms in total. The standard InChI is InChI=1S/C24H19B/c1-2-17-13-21(18-9-5-3-6-10-18)24-16-20(25)15-22(23(24)14-17)19-11-7-4-8-12-19/h3-16H,2H2,1H3. The van der Waals surface area contributed by atoms with Gasteiger partial charge in [0.2, 0.25) is 0 Å². The Labute approximate surface area is 150 Å². The lowest BCUT2D eigenvalue weighted by Crippen LogP contribution is -2.03. The highest BCUT2D eigenvalue weighted by Crippen LogP contribution is 2.35. The normalized spacial score (nSPS) is 10.9. The summed E-state index contributed by atoms with van der Waals surface area (Å²) in [5, 5.41) is 2.47. The van der Waals surface area contributed by atoms with E-state index < -0.39 is 0 Å². The highest BCUT2D eigenvalue weighted by atomic mass is 14.1. The monoisotopic (exact) mass is 318 g/mol. The minimum Gasteiger partial charge on any atom is -0.0954 e. The van der Waals surface area contributed by atoms with Gasteiger partial charge in [-0.2, -0.15) is 0 Å². The smallest absolute Gasteiger partial charge is 0.0954 e. The Morgan fingerprint density at radius 2 is 1.16 bits per heavy atom.